The molecule has 12 nitrogen and oxygen atoms in total. The molecule has 0 atom stereocenters. The molecule has 0 saturated carbocycles. The lowest BCUT2D eigenvalue weighted by molar-refractivity contribution is 0.0686. The highest BCUT2D eigenvalue weighted by Gasteiger charge is 2.17. The molecule has 0 aliphatic rings. The van der Waals surface area contributed by atoms with Crippen LogP contribution in [-0.4, -0.2) is 57.5 Å². The normalized spacial score (nSPS) is 10.8. The first-order chi connectivity index (χ1) is 36.9. The van der Waals surface area contributed by atoms with Crippen LogP contribution in [-0.2, 0) is 0 Å². The number of aromatic hydroxyl groups is 2. The Hall–Kier alpha value is -7.60. The summed E-state index contributed by atoms with van der Waals surface area (Å²) in [5.41, 5.74) is 2.65. The van der Waals surface area contributed by atoms with Crippen molar-refractivity contribution in [2.45, 2.75) is 142 Å². The Morgan fingerprint density at radius 1 is 0.355 bits per heavy atom. The van der Waals surface area contributed by atoms with Crippen molar-refractivity contribution in [1.82, 2.24) is 0 Å². The lowest BCUT2D eigenvalue weighted by Crippen LogP contribution is -2.08. The maximum atomic E-state index is 12.6. The summed E-state index contributed by atoms with van der Waals surface area (Å²) in [6.07, 6.45) is 25.6. The molecule has 6 aromatic carbocycles. The van der Waals surface area contributed by atoms with Gasteiger partial charge >= 0.3 is 23.9 Å². The summed E-state index contributed by atoms with van der Waals surface area (Å²) in [5.74, 6) is -1.02. The minimum Gasteiger partial charge on any atom is -0.508 e. The Balaban J connectivity index is 0.000000281. The average Bonchev–Trinajstić information content (AvgIpc) is 3.42. The molecule has 0 amide bonds. The molecule has 0 aromatic heterocycles. The molecule has 0 aliphatic carbocycles. The molecule has 0 heterocycles. The van der Waals surface area contributed by atoms with Gasteiger partial charge < -0.3 is 39.4 Å². The van der Waals surface area contributed by atoms with Gasteiger partial charge in [-0.3, -0.25) is 0 Å². The fraction of sp³-hybridized carbons (Fsp3) is 0.375. The smallest absolute Gasteiger partial charge is 0.343 e. The number of phenolic OH excluding ortho intramolecular Hbond substituents is 2. The summed E-state index contributed by atoms with van der Waals surface area (Å²) < 4.78 is 22.6. The fourth-order valence-electron chi connectivity index (χ4n) is 8.59. The van der Waals surface area contributed by atoms with E-state index < -0.39 is 23.9 Å². The van der Waals surface area contributed by atoms with E-state index in [0.29, 0.717) is 58.1 Å². The largest absolute Gasteiger partial charge is 0.508 e. The zero-order chi connectivity index (χ0) is 54.3. The van der Waals surface area contributed by atoms with Gasteiger partial charge in [-0.1, -0.05) is 154 Å². The van der Waals surface area contributed by atoms with Crippen LogP contribution in [0.5, 0.6) is 34.5 Å². The number of phenols is 2. The summed E-state index contributed by atoms with van der Waals surface area (Å²) in [6, 6.07) is 34.9. The van der Waals surface area contributed by atoms with E-state index in [1.807, 2.05) is 0 Å². The molecule has 0 bridgehead atoms. The highest BCUT2D eigenvalue weighted by Crippen LogP contribution is 2.31. The van der Waals surface area contributed by atoms with Gasteiger partial charge in [0.05, 0.1) is 35.5 Å². The van der Waals surface area contributed by atoms with Crippen molar-refractivity contribution in [3.05, 3.63) is 156 Å². The molecule has 6 aromatic rings. The van der Waals surface area contributed by atoms with E-state index in [0.717, 1.165) is 24.3 Å². The fourth-order valence-corrected chi connectivity index (χ4v) is 8.59. The van der Waals surface area contributed by atoms with E-state index in [4.69, 9.17) is 18.9 Å². The number of carboxylic acid groups (broad SMARTS) is 2. The molecule has 0 spiro atoms. The third-order valence-corrected chi connectivity index (χ3v) is 12.9. The summed E-state index contributed by atoms with van der Waals surface area (Å²) in [4.78, 5) is 48.1. The van der Waals surface area contributed by atoms with Crippen LogP contribution in [0.15, 0.2) is 133 Å². The Morgan fingerprint density at radius 3 is 0.947 bits per heavy atom. The van der Waals surface area contributed by atoms with Crippen LogP contribution < -0.4 is 18.9 Å². The third kappa shape index (κ3) is 21.0. The van der Waals surface area contributed by atoms with Gasteiger partial charge in [0.25, 0.3) is 0 Å². The minimum absolute atomic E-state index is 0.0376. The first kappa shape index (κ1) is 59.3. The van der Waals surface area contributed by atoms with Gasteiger partial charge in [-0.25, -0.2) is 19.2 Å². The Morgan fingerprint density at radius 2 is 0.645 bits per heavy atom. The second-order valence-corrected chi connectivity index (χ2v) is 19.0. The van der Waals surface area contributed by atoms with Crippen molar-refractivity contribution in [2.24, 2.45) is 0 Å². The Labute approximate surface area is 448 Å². The van der Waals surface area contributed by atoms with Gasteiger partial charge in [-0.2, -0.15) is 0 Å². The number of aromatic carboxylic acids is 2. The second kappa shape index (κ2) is 33.3. The molecule has 0 unspecified atom stereocenters. The van der Waals surface area contributed by atoms with Gasteiger partial charge in [0.2, 0.25) is 0 Å². The van der Waals surface area contributed by atoms with E-state index in [1.165, 1.54) is 152 Å². The highest BCUT2D eigenvalue weighted by atomic mass is 16.5. The lowest BCUT2D eigenvalue weighted by Gasteiger charge is -2.09. The van der Waals surface area contributed by atoms with E-state index in [1.54, 1.807) is 97.1 Å². The quantitative estimate of drug-likeness (QED) is 0.0178. The van der Waals surface area contributed by atoms with Crippen LogP contribution >= 0.6 is 0 Å². The Bertz CT molecular complexity index is 2490. The molecule has 0 fully saturated rings. The van der Waals surface area contributed by atoms with E-state index in [-0.39, 0.29) is 22.6 Å². The number of rotatable bonds is 32. The monoisotopic (exact) mass is 1040 g/mol. The molecule has 0 radical (unpaired) electrons. The number of carboxylic acids is 2. The van der Waals surface area contributed by atoms with Crippen molar-refractivity contribution < 1.29 is 58.6 Å². The topological polar surface area (TPSA) is 186 Å². The van der Waals surface area contributed by atoms with Crippen molar-refractivity contribution in [3.8, 4) is 56.8 Å². The van der Waals surface area contributed by atoms with Gasteiger partial charge in [0.15, 0.2) is 0 Å². The highest BCUT2D eigenvalue weighted by molar-refractivity contribution is 5.98. The van der Waals surface area contributed by atoms with Crippen molar-refractivity contribution >= 4 is 23.9 Å². The summed E-state index contributed by atoms with van der Waals surface area (Å²) in [7, 11) is 0. The Kier molecular flexibility index (Phi) is 26.0. The predicted molar refractivity (Wildman–Crippen MR) is 298 cm³/mol. The van der Waals surface area contributed by atoms with Gasteiger partial charge in [-0.05, 0) is 144 Å². The number of carbonyl (C=O) groups excluding carboxylic acids is 2. The van der Waals surface area contributed by atoms with E-state index in [9.17, 15) is 39.6 Å². The number of benzene rings is 6. The molecule has 12 heteroatoms. The molecule has 4 N–H and O–H groups in total. The van der Waals surface area contributed by atoms with Crippen molar-refractivity contribution in [3.63, 3.8) is 0 Å². The van der Waals surface area contributed by atoms with Crippen LogP contribution in [0.4, 0.5) is 0 Å². The molecule has 6 rings (SSSR count). The van der Waals surface area contributed by atoms with Crippen LogP contribution in [0.2, 0.25) is 0 Å². The van der Waals surface area contributed by atoms with Gasteiger partial charge in [-0.15, -0.1) is 0 Å². The molecule has 0 aliphatic heterocycles. The lowest BCUT2D eigenvalue weighted by atomic mass is 9.98. The second-order valence-electron chi connectivity index (χ2n) is 19.0. The molecule has 404 valence electrons. The summed E-state index contributed by atoms with van der Waals surface area (Å²) >= 11 is 0. The zero-order valence-electron chi connectivity index (χ0n) is 44.3. The molecule has 76 heavy (non-hydrogen) atoms. The van der Waals surface area contributed by atoms with Crippen molar-refractivity contribution in [2.75, 3.05) is 13.2 Å². The molecular weight excluding hydrogens is 961 g/mol. The first-order valence-corrected chi connectivity index (χ1v) is 27.2. The average molecular weight is 1040 g/mol. The SMILES string of the molecule is CCCCCCCCCCCCOc1ccc(OC(=O)c2ccc(-c3cc(O)ccc3C(=O)O)cc2)cc1.CCCCCCCCCCCCOc1ccc(OC(=O)c2ccc(-c3cc(O)ccc3C(=O)O)cc2)cc1. The van der Waals surface area contributed by atoms with E-state index >= 15 is 0 Å². The minimum atomic E-state index is -1.10. The zero-order valence-corrected chi connectivity index (χ0v) is 44.3. The van der Waals surface area contributed by atoms with Crippen LogP contribution in [0.25, 0.3) is 22.3 Å². The van der Waals surface area contributed by atoms with Crippen LogP contribution in [0.3, 0.4) is 0 Å². The maximum Gasteiger partial charge on any atom is 0.343 e. The summed E-state index contributed by atoms with van der Waals surface area (Å²) in [6.45, 7) is 5.83. The standard InChI is InChI=1S/2C32H38O6/c2*1-2-3-4-5-6-7-8-9-10-11-22-37-27-17-19-28(20-18-27)38-32(36)25-14-12-24(13-15-25)30-23-26(33)16-21-29(30)31(34)35/h2*12-21,23,33H,2-11,22H2,1H3,(H,34,35). The number of esters is 2. The number of hydrogen-bond donors (Lipinski definition) is 4. The van der Waals surface area contributed by atoms with Crippen LogP contribution in [0, 0.1) is 0 Å². The maximum absolute atomic E-state index is 12.6. The number of ether oxygens (including phenoxy) is 4. The number of unbranched alkanes of at least 4 members (excludes halogenated alkanes) is 18. The molecular formula is C64H76O12. The predicted octanol–water partition coefficient (Wildman–Crippen LogP) is 16.6. The third-order valence-electron chi connectivity index (χ3n) is 12.9. The van der Waals surface area contributed by atoms with Gasteiger partial charge in [0.1, 0.15) is 34.5 Å². The van der Waals surface area contributed by atoms with Crippen LogP contribution in [0.1, 0.15) is 184 Å². The first-order valence-electron chi connectivity index (χ1n) is 27.2. The van der Waals surface area contributed by atoms with Gasteiger partial charge in [0, 0.05) is 0 Å². The van der Waals surface area contributed by atoms with E-state index in [2.05, 4.69) is 13.8 Å². The van der Waals surface area contributed by atoms with Crippen molar-refractivity contribution in [1.29, 1.82) is 0 Å². The molecule has 0 saturated heterocycles. The summed E-state index contributed by atoms with van der Waals surface area (Å²) in [5, 5.41) is 38.3. The number of hydrogen-bond acceptors (Lipinski definition) is 10. The number of carbonyl (C=O) groups is 4.